The Morgan fingerprint density at radius 1 is 0.750 bits per heavy atom. The lowest BCUT2D eigenvalue weighted by molar-refractivity contribution is 0.647. The van der Waals surface area contributed by atoms with Gasteiger partial charge in [0.25, 0.3) is 0 Å². The standard InChI is InChI=1S/C10H14.C8H10.C2H6/c1-9(2)8-10-6-4-3-5-7-10;1-7-4-3-5-8(2)6-7;1-2/h3-7,9H,8H2,1-2H3;3-6H,1-2H3;1-2H3. The van der Waals surface area contributed by atoms with Gasteiger partial charge in [0.1, 0.15) is 0 Å². The first-order valence-electron chi connectivity index (χ1n) is 7.65. The van der Waals surface area contributed by atoms with E-state index in [4.69, 9.17) is 0 Å². The van der Waals surface area contributed by atoms with Crippen molar-refractivity contribution in [3.63, 3.8) is 0 Å². The van der Waals surface area contributed by atoms with Crippen LogP contribution in [0.5, 0.6) is 0 Å². The van der Waals surface area contributed by atoms with Crippen molar-refractivity contribution in [1.82, 2.24) is 0 Å². The van der Waals surface area contributed by atoms with Crippen molar-refractivity contribution in [3.05, 3.63) is 71.3 Å². The van der Waals surface area contributed by atoms with Crippen molar-refractivity contribution < 1.29 is 0 Å². The minimum atomic E-state index is 0.766. The Balaban J connectivity index is 0.000000327. The zero-order chi connectivity index (χ0) is 15.4. The molecule has 0 nitrogen and oxygen atoms in total. The molecule has 0 bridgehead atoms. The quantitative estimate of drug-likeness (QED) is 0.608. The first-order chi connectivity index (χ1) is 9.58. The van der Waals surface area contributed by atoms with Crippen LogP contribution in [0.3, 0.4) is 0 Å². The molecule has 0 saturated heterocycles. The van der Waals surface area contributed by atoms with E-state index in [1.54, 1.807) is 0 Å². The molecule has 0 unspecified atom stereocenters. The van der Waals surface area contributed by atoms with Gasteiger partial charge in [-0.15, -0.1) is 0 Å². The number of rotatable bonds is 2. The number of aryl methyl sites for hydroxylation is 2. The van der Waals surface area contributed by atoms with E-state index in [1.165, 1.54) is 23.1 Å². The van der Waals surface area contributed by atoms with Crippen molar-refractivity contribution in [2.75, 3.05) is 0 Å². The molecule has 2 rings (SSSR count). The van der Waals surface area contributed by atoms with Crippen LogP contribution in [0.1, 0.15) is 44.4 Å². The molecule has 0 aromatic heterocycles. The van der Waals surface area contributed by atoms with E-state index in [1.807, 2.05) is 13.8 Å². The van der Waals surface area contributed by atoms with Gasteiger partial charge in [0.2, 0.25) is 0 Å². The van der Waals surface area contributed by atoms with Crippen molar-refractivity contribution >= 4 is 0 Å². The van der Waals surface area contributed by atoms with E-state index in [2.05, 4.69) is 82.3 Å². The Kier molecular flexibility index (Phi) is 10.4. The summed E-state index contributed by atoms with van der Waals surface area (Å²) < 4.78 is 0. The Morgan fingerprint density at radius 2 is 1.25 bits per heavy atom. The summed E-state index contributed by atoms with van der Waals surface area (Å²) in [5, 5.41) is 0. The van der Waals surface area contributed by atoms with E-state index in [0.717, 1.165) is 5.92 Å². The molecular weight excluding hydrogens is 240 g/mol. The highest BCUT2D eigenvalue weighted by atomic mass is 14.0. The summed E-state index contributed by atoms with van der Waals surface area (Å²) in [4.78, 5) is 0. The van der Waals surface area contributed by atoms with Gasteiger partial charge >= 0.3 is 0 Å². The molecule has 0 spiro atoms. The normalized spacial score (nSPS) is 9.15. The van der Waals surface area contributed by atoms with Crippen molar-refractivity contribution in [3.8, 4) is 0 Å². The molecule has 0 heterocycles. The lowest BCUT2D eigenvalue weighted by Crippen LogP contribution is -1.92. The van der Waals surface area contributed by atoms with Gasteiger partial charge in [-0.05, 0) is 31.7 Å². The third-order valence-corrected chi connectivity index (χ3v) is 2.66. The zero-order valence-corrected chi connectivity index (χ0v) is 14.0. The molecule has 0 aliphatic rings. The Hall–Kier alpha value is -1.56. The molecule has 20 heavy (non-hydrogen) atoms. The number of benzene rings is 2. The lowest BCUT2D eigenvalue weighted by Gasteiger charge is -2.02. The summed E-state index contributed by atoms with van der Waals surface area (Å²) in [5.41, 5.74) is 4.12. The molecule has 0 aliphatic heterocycles. The van der Waals surface area contributed by atoms with Gasteiger partial charge in [-0.25, -0.2) is 0 Å². The van der Waals surface area contributed by atoms with Gasteiger partial charge in [0.05, 0.1) is 0 Å². The highest BCUT2D eigenvalue weighted by Gasteiger charge is 1.94. The molecule has 0 fully saturated rings. The average Bonchev–Trinajstić information content (AvgIpc) is 2.42. The fourth-order valence-corrected chi connectivity index (χ4v) is 1.89. The van der Waals surface area contributed by atoms with Crippen molar-refractivity contribution in [2.24, 2.45) is 5.92 Å². The van der Waals surface area contributed by atoms with Crippen LogP contribution in [0.4, 0.5) is 0 Å². The van der Waals surface area contributed by atoms with Crippen LogP contribution in [0.15, 0.2) is 54.6 Å². The van der Waals surface area contributed by atoms with Crippen LogP contribution in [-0.2, 0) is 6.42 Å². The SMILES string of the molecule is CC.CC(C)Cc1ccccc1.Cc1cccc(C)c1. The third-order valence-electron chi connectivity index (χ3n) is 2.66. The second-order valence-corrected chi connectivity index (χ2v) is 5.24. The lowest BCUT2D eigenvalue weighted by atomic mass is 10.0. The molecule has 0 aliphatic carbocycles. The molecule has 0 saturated carbocycles. The molecule has 2 aromatic carbocycles. The maximum atomic E-state index is 2.24. The molecule has 0 radical (unpaired) electrons. The van der Waals surface area contributed by atoms with Crippen LogP contribution in [0, 0.1) is 19.8 Å². The second-order valence-electron chi connectivity index (χ2n) is 5.24. The fraction of sp³-hybridized carbons (Fsp3) is 0.400. The predicted octanol–water partition coefficient (Wildman–Crippen LogP) is 6.21. The first kappa shape index (κ1) is 18.4. The monoisotopic (exact) mass is 270 g/mol. The smallest absolute Gasteiger partial charge is 0.0256 e. The topological polar surface area (TPSA) is 0 Å². The Bertz CT molecular complexity index is 423. The molecule has 0 amide bonds. The van der Waals surface area contributed by atoms with Gasteiger partial charge in [-0.3, -0.25) is 0 Å². The molecular formula is C20H30. The average molecular weight is 270 g/mol. The van der Waals surface area contributed by atoms with Crippen LogP contribution in [0.25, 0.3) is 0 Å². The Labute approximate surface area is 125 Å². The van der Waals surface area contributed by atoms with Crippen LogP contribution < -0.4 is 0 Å². The summed E-state index contributed by atoms with van der Waals surface area (Å²) in [6.45, 7) is 12.7. The molecule has 0 heteroatoms. The molecule has 110 valence electrons. The molecule has 0 N–H and O–H groups in total. The first-order valence-corrected chi connectivity index (χ1v) is 7.65. The molecule has 0 atom stereocenters. The van der Waals surface area contributed by atoms with Gasteiger partial charge in [-0.2, -0.15) is 0 Å². The number of hydrogen-bond acceptors (Lipinski definition) is 0. The third kappa shape index (κ3) is 9.38. The minimum absolute atomic E-state index is 0.766. The van der Waals surface area contributed by atoms with Gasteiger partial charge < -0.3 is 0 Å². The second kappa shape index (κ2) is 11.3. The van der Waals surface area contributed by atoms with Gasteiger partial charge in [0, 0.05) is 0 Å². The summed E-state index contributed by atoms with van der Waals surface area (Å²) >= 11 is 0. The van der Waals surface area contributed by atoms with Crippen LogP contribution >= 0.6 is 0 Å². The highest BCUT2D eigenvalue weighted by Crippen LogP contribution is 2.06. The van der Waals surface area contributed by atoms with Crippen LogP contribution in [-0.4, -0.2) is 0 Å². The summed E-state index contributed by atoms with van der Waals surface area (Å²) in [5.74, 6) is 0.766. The summed E-state index contributed by atoms with van der Waals surface area (Å²) in [6.07, 6.45) is 1.20. The highest BCUT2D eigenvalue weighted by molar-refractivity contribution is 5.20. The summed E-state index contributed by atoms with van der Waals surface area (Å²) in [7, 11) is 0. The van der Waals surface area contributed by atoms with Gasteiger partial charge in [0.15, 0.2) is 0 Å². The molecule has 2 aromatic rings. The predicted molar refractivity (Wildman–Crippen MR) is 92.2 cm³/mol. The fourth-order valence-electron chi connectivity index (χ4n) is 1.89. The van der Waals surface area contributed by atoms with Crippen molar-refractivity contribution in [2.45, 2.75) is 48.0 Å². The minimum Gasteiger partial charge on any atom is -0.0683 e. The van der Waals surface area contributed by atoms with E-state index in [0.29, 0.717) is 0 Å². The van der Waals surface area contributed by atoms with E-state index in [9.17, 15) is 0 Å². The van der Waals surface area contributed by atoms with E-state index < -0.39 is 0 Å². The van der Waals surface area contributed by atoms with Gasteiger partial charge in [-0.1, -0.05) is 93.4 Å². The number of hydrogen-bond donors (Lipinski definition) is 0. The maximum absolute atomic E-state index is 2.24. The largest absolute Gasteiger partial charge is 0.0683 e. The Morgan fingerprint density at radius 3 is 1.60 bits per heavy atom. The summed E-state index contributed by atoms with van der Waals surface area (Å²) in [6, 6.07) is 19.1. The van der Waals surface area contributed by atoms with E-state index >= 15 is 0 Å². The van der Waals surface area contributed by atoms with Crippen molar-refractivity contribution in [1.29, 1.82) is 0 Å². The van der Waals surface area contributed by atoms with E-state index in [-0.39, 0.29) is 0 Å². The maximum Gasteiger partial charge on any atom is -0.0256 e. The zero-order valence-electron chi connectivity index (χ0n) is 14.0. The van der Waals surface area contributed by atoms with Crippen LogP contribution in [0.2, 0.25) is 0 Å².